The molecule has 1 aromatic carbocycles. The third kappa shape index (κ3) is 3.80. The summed E-state index contributed by atoms with van der Waals surface area (Å²) < 4.78 is 0. The van der Waals surface area contributed by atoms with Crippen LogP contribution in [0.15, 0.2) is 30.3 Å². The predicted octanol–water partition coefficient (Wildman–Crippen LogP) is 0.310. The lowest BCUT2D eigenvalue weighted by Gasteiger charge is -2.34. The van der Waals surface area contributed by atoms with Crippen LogP contribution in [-0.4, -0.2) is 53.6 Å². The topological polar surface area (TPSA) is 55.8 Å². The van der Waals surface area contributed by atoms with Crippen molar-refractivity contribution in [2.45, 2.75) is 6.54 Å². The lowest BCUT2D eigenvalue weighted by Crippen LogP contribution is -2.48. The molecule has 1 aromatic rings. The van der Waals surface area contributed by atoms with Gasteiger partial charge in [-0.1, -0.05) is 30.3 Å². The van der Waals surface area contributed by atoms with Crippen LogP contribution in [0.5, 0.6) is 0 Å². The number of carbonyl (C=O) groups excluding carboxylic acids is 1. The van der Waals surface area contributed by atoms with E-state index < -0.39 is 0 Å². The van der Waals surface area contributed by atoms with Gasteiger partial charge in [-0.25, -0.2) is 5.48 Å². The molecule has 1 aliphatic rings. The number of benzene rings is 1. The summed E-state index contributed by atoms with van der Waals surface area (Å²) in [5.41, 5.74) is 2.99. The smallest absolute Gasteiger partial charge is 0.257 e. The minimum atomic E-state index is -0.341. The fourth-order valence-electron chi connectivity index (χ4n) is 2.19. The Balaban J connectivity index is 1.75. The standard InChI is InChI=1S/C13H19N3O2/c17-13(14-18)11-16-8-6-15(7-9-16)10-12-4-2-1-3-5-12/h1-5,18H,6-11H2,(H,14,17). The molecule has 0 aliphatic carbocycles. The molecular weight excluding hydrogens is 230 g/mol. The van der Waals surface area contributed by atoms with Crippen molar-refractivity contribution in [1.82, 2.24) is 15.3 Å². The molecular formula is C13H19N3O2. The number of hydrogen-bond donors (Lipinski definition) is 2. The van der Waals surface area contributed by atoms with Crippen LogP contribution in [0.1, 0.15) is 5.56 Å². The summed E-state index contributed by atoms with van der Waals surface area (Å²) in [7, 11) is 0. The van der Waals surface area contributed by atoms with Gasteiger partial charge in [-0.15, -0.1) is 0 Å². The minimum absolute atomic E-state index is 0.273. The Bertz CT molecular complexity index is 375. The fourth-order valence-corrected chi connectivity index (χ4v) is 2.19. The highest BCUT2D eigenvalue weighted by Gasteiger charge is 2.18. The van der Waals surface area contributed by atoms with E-state index >= 15 is 0 Å². The van der Waals surface area contributed by atoms with Crippen LogP contribution in [0.2, 0.25) is 0 Å². The average Bonchev–Trinajstić information content (AvgIpc) is 2.42. The number of amides is 1. The molecule has 0 unspecified atom stereocenters. The number of hydrogen-bond acceptors (Lipinski definition) is 4. The van der Waals surface area contributed by atoms with Crippen molar-refractivity contribution in [3.8, 4) is 0 Å². The molecule has 1 fully saturated rings. The fraction of sp³-hybridized carbons (Fsp3) is 0.462. The molecule has 18 heavy (non-hydrogen) atoms. The van der Waals surface area contributed by atoms with Crippen LogP contribution in [0, 0.1) is 0 Å². The number of nitrogens with zero attached hydrogens (tertiary/aromatic N) is 2. The summed E-state index contributed by atoms with van der Waals surface area (Å²) in [4.78, 5) is 15.5. The van der Waals surface area contributed by atoms with Gasteiger partial charge in [0, 0.05) is 32.7 Å². The first-order chi connectivity index (χ1) is 8.78. The number of carbonyl (C=O) groups is 1. The van der Waals surface area contributed by atoms with Crippen molar-refractivity contribution in [1.29, 1.82) is 0 Å². The van der Waals surface area contributed by atoms with E-state index in [9.17, 15) is 4.79 Å². The van der Waals surface area contributed by atoms with Gasteiger partial charge in [-0.2, -0.15) is 0 Å². The van der Waals surface area contributed by atoms with Gasteiger partial charge < -0.3 is 0 Å². The first-order valence-electron chi connectivity index (χ1n) is 6.19. The molecule has 5 heteroatoms. The highest BCUT2D eigenvalue weighted by atomic mass is 16.5. The van der Waals surface area contributed by atoms with Gasteiger partial charge in [-0.05, 0) is 5.56 Å². The van der Waals surface area contributed by atoms with Gasteiger partial charge in [-0.3, -0.25) is 19.8 Å². The summed E-state index contributed by atoms with van der Waals surface area (Å²) in [5.74, 6) is -0.341. The van der Waals surface area contributed by atoms with Crippen LogP contribution in [0.4, 0.5) is 0 Å². The van der Waals surface area contributed by atoms with Crippen molar-refractivity contribution in [2.24, 2.45) is 0 Å². The molecule has 5 nitrogen and oxygen atoms in total. The van der Waals surface area contributed by atoms with Gasteiger partial charge >= 0.3 is 0 Å². The van der Waals surface area contributed by atoms with Crippen molar-refractivity contribution in [2.75, 3.05) is 32.7 Å². The first-order valence-corrected chi connectivity index (χ1v) is 6.19. The van der Waals surface area contributed by atoms with Crippen LogP contribution in [0.3, 0.4) is 0 Å². The minimum Gasteiger partial charge on any atom is -0.297 e. The van der Waals surface area contributed by atoms with Crippen LogP contribution >= 0.6 is 0 Å². The summed E-state index contributed by atoms with van der Waals surface area (Å²) >= 11 is 0. The molecule has 2 N–H and O–H groups in total. The van der Waals surface area contributed by atoms with E-state index in [0.717, 1.165) is 32.7 Å². The van der Waals surface area contributed by atoms with Gasteiger partial charge in [0.25, 0.3) is 5.91 Å². The van der Waals surface area contributed by atoms with E-state index in [1.807, 2.05) is 11.0 Å². The summed E-state index contributed by atoms with van der Waals surface area (Å²) in [6.45, 7) is 4.86. The second-order valence-electron chi connectivity index (χ2n) is 4.57. The molecule has 0 radical (unpaired) electrons. The molecule has 0 atom stereocenters. The molecule has 1 heterocycles. The molecule has 98 valence electrons. The summed E-state index contributed by atoms with van der Waals surface area (Å²) in [5, 5.41) is 8.48. The van der Waals surface area contributed by atoms with E-state index in [2.05, 4.69) is 29.2 Å². The van der Waals surface area contributed by atoms with E-state index in [0.29, 0.717) is 0 Å². The molecule has 2 rings (SSSR count). The summed E-state index contributed by atoms with van der Waals surface area (Å²) in [6, 6.07) is 10.4. The quantitative estimate of drug-likeness (QED) is 0.595. The number of hydroxylamine groups is 1. The van der Waals surface area contributed by atoms with Crippen LogP contribution < -0.4 is 5.48 Å². The third-order valence-corrected chi connectivity index (χ3v) is 3.21. The van der Waals surface area contributed by atoms with Gasteiger partial charge in [0.05, 0.1) is 6.54 Å². The summed E-state index contributed by atoms with van der Waals surface area (Å²) in [6.07, 6.45) is 0. The van der Waals surface area contributed by atoms with Crippen LogP contribution in [-0.2, 0) is 11.3 Å². The predicted molar refractivity (Wildman–Crippen MR) is 68.1 cm³/mol. The Kier molecular flexibility index (Phi) is 4.69. The molecule has 1 amide bonds. The molecule has 0 aromatic heterocycles. The largest absolute Gasteiger partial charge is 0.297 e. The van der Waals surface area contributed by atoms with Gasteiger partial charge in [0.15, 0.2) is 0 Å². The SMILES string of the molecule is O=C(CN1CCN(Cc2ccccc2)CC1)NO. The van der Waals surface area contributed by atoms with E-state index in [4.69, 9.17) is 5.21 Å². The van der Waals surface area contributed by atoms with Gasteiger partial charge in [0.2, 0.25) is 0 Å². The maximum absolute atomic E-state index is 11.0. The van der Waals surface area contributed by atoms with Crippen LogP contribution in [0.25, 0.3) is 0 Å². The third-order valence-electron chi connectivity index (χ3n) is 3.21. The highest BCUT2D eigenvalue weighted by Crippen LogP contribution is 2.07. The Morgan fingerprint density at radius 1 is 1.11 bits per heavy atom. The lowest BCUT2D eigenvalue weighted by molar-refractivity contribution is -0.130. The maximum atomic E-state index is 11.0. The highest BCUT2D eigenvalue weighted by molar-refractivity contribution is 5.76. The first kappa shape index (κ1) is 13.0. The monoisotopic (exact) mass is 249 g/mol. The number of piperazine rings is 1. The van der Waals surface area contributed by atoms with Gasteiger partial charge in [0.1, 0.15) is 0 Å². The van der Waals surface area contributed by atoms with E-state index in [1.165, 1.54) is 5.56 Å². The molecule has 0 bridgehead atoms. The zero-order chi connectivity index (χ0) is 12.8. The van der Waals surface area contributed by atoms with E-state index in [-0.39, 0.29) is 12.5 Å². The maximum Gasteiger partial charge on any atom is 0.257 e. The molecule has 1 saturated heterocycles. The zero-order valence-corrected chi connectivity index (χ0v) is 10.4. The zero-order valence-electron chi connectivity index (χ0n) is 10.4. The Morgan fingerprint density at radius 2 is 1.72 bits per heavy atom. The van der Waals surface area contributed by atoms with Crippen molar-refractivity contribution < 1.29 is 10.0 Å². The van der Waals surface area contributed by atoms with E-state index in [1.54, 1.807) is 5.48 Å². The van der Waals surface area contributed by atoms with Crippen molar-refractivity contribution >= 4 is 5.91 Å². The Hall–Kier alpha value is -1.43. The Labute approximate surface area is 107 Å². The normalized spacial score (nSPS) is 17.6. The molecule has 0 saturated carbocycles. The lowest BCUT2D eigenvalue weighted by atomic mass is 10.2. The number of rotatable bonds is 4. The second-order valence-corrected chi connectivity index (χ2v) is 4.57. The van der Waals surface area contributed by atoms with Crippen molar-refractivity contribution in [3.05, 3.63) is 35.9 Å². The second kappa shape index (κ2) is 6.49. The Morgan fingerprint density at radius 3 is 2.33 bits per heavy atom. The average molecular weight is 249 g/mol. The molecule has 0 spiro atoms. The molecule has 1 aliphatic heterocycles. The number of nitrogens with one attached hydrogen (secondary N) is 1. The van der Waals surface area contributed by atoms with Crippen molar-refractivity contribution in [3.63, 3.8) is 0 Å².